The van der Waals surface area contributed by atoms with Gasteiger partial charge >= 0.3 is 6.18 Å². The number of aryl methyl sites for hydroxylation is 1. The second-order valence-electron chi connectivity index (χ2n) is 2.90. The molecular weight excluding hydrogens is 229 g/mol. The maximum atomic E-state index is 11.8. The molecule has 6 heteroatoms. The molecule has 0 aromatic carbocycles. The Bertz CT molecular complexity index is 284. The van der Waals surface area contributed by atoms with E-state index in [9.17, 15) is 13.2 Å². The van der Waals surface area contributed by atoms with Crippen LogP contribution in [-0.4, -0.2) is 18.2 Å². The summed E-state index contributed by atoms with van der Waals surface area (Å²) in [4.78, 5) is 3.89. The third-order valence-corrected chi connectivity index (χ3v) is 1.78. The Morgan fingerprint density at radius 2 is 2.00 bits per heavy atom. The molecule has 0 radical (unpaired) electrons. The van der Waals surface area contributed by atoms with E-state index < -0.39 is 12.6 Å². The van der Waals surface area contributed by atoms with Crippen LogP contribution in [0.3, 0.4) is 0 Å². The van der Waals surface area contributed by atoms with Gasteiger partial charge in [0.2, 0.25) is 0 Å². The lowest BCUT2D eigenvalue weighted by molar-refractivity contribution is -0.134. The molecule has 0 spiro atoms. The first-order chi connectivity index (χ1) is 6.51. The standard InChI is InChI=1S/C9H11F3N2.ClH/c1-13-8-3-2-7(14-6-8)4-5-9(10,11)12;/h2-3,6,13H,4-5H2,1H3;1H. The van der Waals surface area contributed by atoms with E-state index in [-0.39, 0.29) is 18.8 Å². The lowest BCUT2D eigenvalue weighted by Gasteiger charge is -2.05. The fourth-order valence-corrected chi connectivity index (χ4v) is 0.990. The molecule has 0 saturated carbocycles. The smallest absolute Gasteiger partial charge is 0.387 e. The lowest BCUT2D eigenvalue weighted by atomic mass is 10.2. The molecule has 0 aliphatic heterocycles. The zero-order valence-corrected chi connectivity index (χ0v) is 8.95. The van der Waals surface area contributed by atoms with Gasteiger partial charge in [-0.25, -0.2) is 0 Å². The van der Waals surface area contributed by atoms with Crippen LogP contribution < -0.4 is 5.32 Å². The summed E-state index contributed by atoms with van der Waals surface area (Å²) in [6.07, 6.45) is -3.47. The molecule has 0 aliphatic carbocycles. The Labute approximate surface area is 92.3 Å². The minimum absolute atomic E-state index is 0. The quantitative estimate of drug-likeness (QED) is 0.879. The maximum Gasteiger partial charge on any atom is 0.389 e. The van der Waals surface area contributed by atoms with Gasteiger partial charge < -0.3 is 5.32 Å². The van der Waals surface area contributed by atoms with Crippen molar-refractivity contribution in [2.24, 2.45) is 0 Å². The molecule has 1 aromatic heterocycles. The number of anilines is 1. The average Bonchev–Trinajstić information content (AvgIpc) is 2.14. The molecular formula is C9H12ClF3N2. The Kier molecular flexibility index (Phi) is 5.43. The molecule has 1 heterocycles. The van der Waals surface area contributed by atoms with Gasteiger partial charge in [0.15, 0.2) is 0 Å². The maximum absolute atomic E-state index is 11.8. The molecule has 0 fully saturated rings. The first-order valence-electron chi connectivity index (χ1n) is 4.21. The zero-order chi connectivity index (χ0) is 10.6. The first kappa shape index (κ1) is 14.0. The first-order valence-corrected chi connectivity index (χ1v) is 4.21. The Balaban J connectivity index is 0.00000196. The molecule has 0 saturated heterocycles. The molecule has 0 bridgehead atoms. The highest BCUT2D eigenvalue weighted by molar-refractivity contribution is 5.85. The van der Waals surface area contributed by atoms with Crippen LogP contribution in [0, 0.1) is 0 Å². The SMILES string of the molecule is CNc1ccc(CCC(F)(F)F)nc1.Cl. The van der Waals surface area contributed by atoms with Gasteiger partial charge in [0, 0.05) is 19.2 Å². The minimum atomic E-state index is -4.11. The van der Waals surface area contributed by atoms with E-state index in [1.54, 1.807) is 19.2 Å². The van der Waals surface area contributed by atoms with Crippen molar-refractivity contribution in [3.8, 4) is 0 Å². The monoisotopic (exact) mass is 240 g/mol. The highest BCUT2D eigenvalue weighted by atomic mass is 35.5. The van der Waals surface area contributed by atoms with E-state index in [1.165, 1.54) is 6.20 Å². The molecule has 1 rings (SSSR count). The molecule has 0 amide bonds. The van der Waals surface area contributed by atoms with Crippen LogP contribution in [0.5, 0.6) is 0 Å². The number of nitrogens with one attached hydrogen (secondary N) is 1. The van der Waals surface area contributed by atoms with E-state index in [0.717, 1.165) is 5.69 Å². The fraction of sp³-hybridized carbons (Fsp3) is 0.444. The van der Waals surface area contributed by atoms with Crippen molar-refractivity contribution < 1.29 is 13.2 Å². The Morgan fingerprint density at radius 3 is 2.40 bits per heavy atom. The number of hydrogen-bond donors (Lipinski definition) is 1. The van der Waals surface area contributed by atoms with Crippen LogP contribution in [0.4, 0.5) is 18.9 Å². The summed E-state index contributed by atoms with van der Waals surface area (Å²) in [7, 11) is 1.73. The van der Waals surface area contributed by atoms with Crippen LogP contribution >= 0.6 is 12.4 Å². The number of halogens is 4. The number of nitrogens with zero attached hydrogens (tertiary/aromatic N) is 1. The number of rotatable bonds is 3. The van der Waals surface area contributed by atoms with E-state index in [0.29, 0.717) is 5.69 Å². The van der Waals surface area contributed by atoms with Crippen molar-refractivity contribution in [1.29, 1.82) is 0 Å². The highest BCUT2D eigenvalue weighted by Crippen LogP contribution is 2.21. The van der Waals surface area contributed by atoms with E-state index in [2.05, 4.69) is 10.3 Å². The summed E-state index contributed by atoms with van der Waals surface area (Å²) in [6.45, 7) is 0. The summed E-state index contributed by atoms with van der Waals surface area (Å²) in [5.41, 5.74) is 1.25. The second kappa shape index (κ2) is 5.80. The number of pyridine rings is 1. The van der Waals surface area contributed by atoms with E-state index in [4.69, 9.17) is 0 Å². The zero-order valence-electron chi connectivity index (χ0n) is 8.14. The summed E-state index contributed by atoms with van der Waals surface area (Å²) in [5.74, 6) is 0. The molecule has 0 aliphatic rings. The van der Waals surface area contributed by atoms with Crippen LogP contribution in [0.2, 0.25) is 0 Å². The molecule has 0 atom stereocenters. The number of hydrogen-bond acceptors (Lipinski definition) is 2. The Morgan fingerprint density at radius 1 is 1.33 bits per heavy atom. The van der Waals surface area contributed by atoms with E-state index in [1.807, 2.05) is 0 Å². The average molecular weight is 241 g/mol. The van der Waals surface area contributed by atoms with Gasteiger partial charge in [-0.2, -0.15) is 13.2 Å². The van der Waals surface area contributed by atoms with E-state index >= 15 is 0 Å². The van der Waals surface area contributed by atoms with Crippen molar-refractivity contribution >= 4 is 18.1 Å². The molecule has 1 N–H and O–H groups in total. The predicted molar refractivity (Wildman–Crippen MR) is 55.4 cm³/mol. The third kappa shape index (κ3) is 5.47. The fourth-order valence-electron chi connectivity index (χ4n) is 0.990. The lowest BCUT2D eigenvalue weighted by Crippen LogP contribution is -2.09. The molecule has 0 unspecified atom stereocenters. The summed E-state index contributed by atoms with van der Waals surface area (Å²) < 4.78 is 35.5. The van der Waals surface area contributed by atoms with Gasteiger partial charge in [-0.1, -0.05) is 0 Å². The van der Waals surface area contributed by atoms with Crippen LogP contribution in [0.15, 0.2) is 18.3 Å². The van der Waals surface area contributed by atoms with Gasteiger partial charge in [-0.3, -0.25) is 4.98 Å². The molecule has 86 valence electrons. The number of alkyl halides is 3. The van der Waals surface area contributed by atoms with Gasteiger partial charge in [0.05, 0.1) is 11.9 Å². The van der Waals surface area contributed by atoms with Crippen molar-refractivity contribution in [2.45, 2.75) is 19.0 Å². The van der Waals surface area contributed by atoms with Crippen molar-refractivity contribution in [2.75, 3.05) is 12.4 Å². The normalized spacial score (nSPS) is 10.7. The summed E-state index contributed by atoms with van der Waals surface area (Å²) in [6, 6.07) is 3.30. The van der Waals surface area contributed by atoms with Gasteiger partial charge in [-0.05, 0) is 18.6 Å². The summed E-state index contributed by atoms with van der Waals surface area (Å²) >= 11 is 0. The third-order valence-electron chi connectivity index (χ3n) is 1.78. The second-order valence-corrected chi connectivity index (χ2v) is 2.90. The van der Waals surface area contributed by atoms with Crippen molar-refractivity contribution in [1.82, 2.24) is 4.98 Å². The predicted octanol–water partition coefficient (Wildman–Crippen LogP) is 3.04. The number of aromatic nitrogens is 1. The molecule has 1 aromatic rings. The topological polar surface area (TPSA) is 24.9 Å². The van der Waals surface area contributed by atoms with Gasteiger partial charge in [0.25, 0.3) is 0 Å². The summed E-state index contributed by atoms with van der Waals surface area (Å²) in [5, 5.41) is 2.84. The van der Waals surface area contributed by atoms with Gasteiger partial charge in [-0.15, -0.1) is 12.4 Å². The Hall–Kier alpha value is -0.970. The highest BCUT2D eigenvalue weighted by Gasteiger charge is 2.26. The van der Waals surface area contributed by atoms with Crippen LogP contribution in [0.25, 0.3) is 0 Å². The van der Waals surface area contributed by atoms with Crippen LogP contribution in [0.1, 0.15) is 12.1 Å². The van der Waals surface area contributed by atoms with Crippen LogP contribution in [-0.2, 0) is 6.42 Å². The van der Waals surface area contributed by atoms with Crippen molar-refractivity contribution in [3.05, 3.63) is 24.0 Å². The largest absolute Gasteiger partial charge is 0.389 e. The molecule has 2 nitrogen and oxygen atoms in total. The minimum Gasteiger partial charge on any atom is -0.387 e. The molecule has 15 heavy (non-hydrogen) atoms. The van der Waals surface area contributed by atoms with Gasteiger partial charge in [0.1, 0.15) is 0 Å². The van der Waals surface area contributed by atoms with Crippen molar-refractivity contribution in [3.63, 3.8) is 0 Å².